The summed E-state index contributed by atoms with van der Waals surface area (Å²) in [4.78, 5) is 3.87. The summed E-state index contributed by atoms with van der Waals surface area (Å²) in [7, 11) is 0. The van der Waals surface area contributed by atoms with E-state index in [0.717, 1.165) is 11.3 Å². The Hall–Kier alpha value is -1.48. The smallest absolute Gasteiger partial charge is 0.138 e. The highest BCUT2D eigenvalue weighted by Crippen LogP contribution is 2.18. The van der Waals surface area contributed by atoms with Crippen molar-refractivity contribution in [2.24, 2.45) is 0 Å². The highest BCUT2D eigenvalue weighted by Gasteiger charge is 1.98. The third-order valence-corrected chi connectivity index (χ3v) is 1.84. The van der Waals surface area contributed by atoms with Gasteiger partial charge in [-0.25, -0.2) is 4.98 Å². The Morgan fingerprint density at radius 1 is 1.23 bits per heavy atom. The molecule has 64 valence electrons. The van der Waals surface area contributed by atoms with E-state index in [1.165, 1.54) is 6.33 Å². The molecule has 2 rings (SSSR count). The van der Waals surface area contributed by atoms with Crippen LogP contribution in [0.15, 0.2) is 36.8 Å². The Balaban J connectivity index is 2.48. The summed E-state index contributed by atoms with van der Waals surface area (Å²) < 4.78 is 0. The molecular weight excluding hydrogens is 186 g/mol. The molecule has 1 aromatic heterocycles. The molecule has 1 aromatic carbocycles. The van der Waals surface area contributed by atoms with E-state index in [1.54, 1.807) is 6.20 Å². The first-order valence-electron chi connectivity index (χ1n) is 3.75. The normalized spacial score (nSPS) is 9.92. The lowest BCUT2D eigenvalue weighted by Crippen LogP contribution is -1.87. The predicted octanol–water partition coefficient (Wildman–Crippen LogP) is 2.19. The molecule has 0 aliphatic rings. The van der Waals surface area contributed by atoms with E-state index < -0.39 is 0 Å². The zero-order valence-electron chi connectivity index (χ0n) is 6.68. The molecule has 0 fully saturated rings. The van der Waals surface area contributed by atoms with E-state index in [9.17, 15) is 0 Å². The van der Waals surface area contributed by atoms with Crippen molar-refractivity contribution in [3.05, 3.63) is 41.8 Å². The first-order valence-corrected chi connectivity index (χ1v) is 4.13. The van der Waals surface area contributed by atoms with Gasteiger partial charge in [-0.1, -0.05) is 23.7 Å². The average molecular weight is 192 g/mol. The second kappa shape index (κ2) is 3.49. The van der Waals surface area contributed by atoms with Gasteiger partial charge in [0, 0.05) is 10.6 Å². The van der Waals surface area contributed by atoms with Crippen LogP contribution in [-0.2, 0) is 0 Å². The van der Waals surface area contributed by atoms with E-state index in [1.807, 2.05) is 24.3 Å². The summed E-state index contributed by atoms with van der Waals surface area (Å²) in [6.07, 6.45) is 3.05. The lowest BCUT2D eigenvalue weighted by atomic mass is 10.2. The van der Waals surface area contributed by atoms with Gasteiger partial charge >= 0.3 is 0 Å². The molecule has 0 saturated heterocycles. The van der Waals surface area contributed by atoms with E-state index in [4.69, 9.17) is 11.6 Å². The number of rotatable bonds is 1. The minimum absolute atomic E-state index is 0.683. The van der Waals surface area contributed by atoms with Crippen molar-refractivity contribution in [1.82, 2.24) is 15.2 Å². The van der Waals surface area contributed by atoms with E-state index in [-0.39, 0.29) is 0 Å². The number of hydrogen-bond donors (Lipinski definition) is 0. The molecule has 1 heterocycles. The van der Waals surface area contributed by atoms with Crippen LogP contribution in [0.25, 0.3) is 11.3 Å². The monoisotopic (exact) mass is 191 g/mol. The maximum absolute atomic E-state index is 5.83. The lowest BCUT2D eigenvalue weighted by Gasteiger charge is -1.97. The summed E-state index contributed by atoms with van der Waals surface area (Å²) in [6, 6.07) is 7.42. The van der Waals surface area contributed by atoms with Gasteiger partial charge in [-0.05, 0) is 12.1 Å². The van der Waals surface area contributed by atoms with Crippen molar-refractivity contribution < 1.29 is 0 Å². The van der Waals surface area contributed by atoms with Gasteiger partial charge < -0.3 is 0 Å². The largest absolute Gasteiger partial charge is 0.241 e. The van der Waals surface area contributed by atoms with Gasteiger partial charge in [0.1, 0.15) is 12.0 Å². The molecule has 0 bridgehead atoms. The van der Waals surface area contributed by atoms with Crippen LogP contribution in [0.4, 0.5) is 0 Å². The molecule has 0 saturated carbocycles. The van der Waals surface area contributed by atoms with E-state index >= 15 is 0 Å². The first kappa shape index (κ1) is 8.13. The zero-order valence-corrected chi connectivity index (χ0v) is 7.44. The van der Waals surface area contributed by atoms with Crippen LogP contribution >= 0.6 is 11.6 Å². The van der Waals surface area contributed by atoms with Crippen molar-refractivity contribution in [3.8, 4) is 11.3 Å². The summed E-state index contributed by atoms with van der Waals surface area (Å²) >= 11 is 5.83. The molecule has 0 aliphatic heterocycles. The molecule has 0 N–H and O–H groups in total. The fourth-order valence-corrected chi connectivity index (χ4v) is 1.22. The van der Waals surface area contributed by atoms with Crippen molar-refractivity contribution in [1.29, 1.82) is 0 Å². The van der Waals surface area contributed by atoms with Gasteiger partial charge in [0.15, 0.2) is 0 Å². The number of halogens is 1. The summed E-state index contributed by atoms with van der Waals surface area (Å²) in [5.74, 6) is 0. The SMILES string of the molecule is Clc1cccc(-c2cncnn2)c1. The van der Waals surface area contributed by atoms with Gasteiger partial charge in [-0.2, -0.15) is 0 Å². The first-order chi connectivity index (χ1) is 6.36. The summed E-state index contributed by atoms with van der Waals surface area (Å²) in [5.41, 5.74) is 1.65. The maximum atomic E-state index is 5.83. The van der Waals surface area contributed by atoms with Crippen molar-refractivity contribution in [3.63, 3.8) is 0 Å². The topological polar surface area (TPSA) is 38.7 Å². The fraction of sp³-hybridized carbons (Fsp3) is 0. The summed E-state index contributed by atoms with van der Waals surface area (Å²) in [6.45, 7) is 0. The number of aromatic nitrogens is 3. The van der Waals surface area contributed by atoms with Crippen molar-refractivity contribution in [2.45, 2.75) is 0 Å². The van der Waals surface area contributed by atoms with Crippen LogP contribution in [-0.4, -0.2) is 15.2 Å². The standard InChI is InChI=1S/C9H6ClN3/c10-8-3-1-2-7(4-8)9-5-11-6-12-13-9/h1-6H. The van der Waals surface area contributed by atoms with Crippen LogP contribution in [0.3, 0.4) is 0 Å². The third-order valence-electron chi connectivity index (χ3n) is 1.60. The van der Waals surface area contributed by atoms with E-state index in [2.05, 4.69) is 15.2 Å². The Labute approximate surface area is 80.4 Å². The molecule has 13 heavy (non-hydrogen) atoms. The van der Waals surface area contributed by atoms with Crippen molar-refractivity contribution in [2.75, 3.05) is 0 Å². The quantitative estimate of drug-likeness (QED) is 0.694. The molecule has 0 atom stereocenters. The van der Waals surface area contributed by atoms with Crippen LogP contribution in [0.5, 0.6) is 0 Å². The highest BCUT2D eigenvalue weighted by atomic mass is 35.5. The number of nitrogens with zero attached hydrogens (tertiary/aromatic N) is 3. The second-order valence-electron chi connectivity index (χ2n) is 2.50. The molecule has 0 unspecified atom stereocenters. The predicted molar refractivity (Wildman–Crippen MR) is 50.3 cm³/mol. The molecule has 4 heteroatoms. The Morgan fingerprint density at radius 2 is 2.15 bits per heavy atom. The molecule has 0 amide bonds. The molecule has 0 radical (unpaired) electrons. The molecule has 0 spiro atoms. The second-order valence-corrected chi connectivity index (χ2v) is 2.94. The van der Waals surface area contributed by atoms with Gasteiger partial charge in [0.2, 0.25) is 0 Å². The molecular formula is C9H6ClN3. The van der Waals surface area contributed by atoms with Gasteiger partial charge in [-0.3, -0.25) is 0 Å². The Morgan fingerprint density at radius 3 is 2.85 bits per heavy atom. The van der Waals surface area contributed by atoms with Crippen LogP contribution < -0.4 is 0 Å². The van der Waals surface area contributed by atoms with Crippen LogP contribution in [0.1, 0.15) is 0 Å². The minimum Gasteiger partial charge on any atom is -0.241 e. The fourth-order valence-electron chi connectivity index (χ4n) is 1.03. The lowest BCUT2D eigenvalue weighted by molar-refractivity contribution is 0.976. The average Bonchev–Trinajstić information content (AvgIpc) is 2.19. The molecule has 3 nitrogen and oxygen atoms in total. The van der Waals surface area contributed by atoms with E-state index in [0.29, 0.717) is 5.02 Å². The zero-order chi connectivity index (χ0) is 9.10. The Bertz CT molecular complexity index is 403. The molecule has 0 aliphatic carbocycles. The van der Waals surface area contributed by atoms with Gasteiger partial charge in [0.25, 0.3) is 0 Å². The van der Waals surface area contributed by atoms with Crippen molar-refractivity contribution >= 4 is 11.6 Å². The van der Waals surface area contributed by atoms with Crippen LogP contribution in [0.2, 0.25) is 5.02 Å². The molecule has 2 aromatic rings. The van der Waals surface area contributed by atoms with Gasteiger partial charge in [-0.15, -0.1) is 10.2 Å². The number of hydrogen-bond acceptors (Lipinski definition) is 3. The maximum Gasteiger partial charge on any atom is 0.138 e. The highest BCUT2D eigenvalue weighted by molar-refractivity contribution is 6.30. The number of benzene rings is 1. The summed E-state index contributed by atoms with van der Waals surface area (Å²) in [5, 5.41) is 8.29. The van der Waals surface area contributed by atoms with Crippen LogP contribution in [0, 0.1) is 0 Å². The third kappa shape index (κ3) is 1.81. The minimum atomic E-state index is 0.683. The van der Waals surface area contributed by atoms with Gasteiger partial charge in [0.05, 0.1) is 6.20 Å². The Kier molecular flexibility index (Phi) is 2.19.